The van der Waals surface area contributed by atoms with Crippen LogP contribution in [-0.2, 0) is 10.2 Å². The Hall–Kier alpha value is -4.13. The average molecular weight is 460 g/mol. The van der Waals surface area contributed by atoms with Crippen molar-refractivity contribution in [2.24, 2.45) is 0 Å². The number of hydrogen-bond acceptors (Lipinski definition) is 4. The molecule has 0 atom stereocenters. The van der Waals surface area contributed by atoms with Gasteiger partial charge in [-0.1, -0.05) is 45.0 Å². The molecule has 34 heavy (non-hydrogen) atoms. The fourth-order valence-corrected chi connectivity index (χ4v) is 3.38. The molecule has 0 saturated carbocycles. The number of ether oxygens (including phenoxy) is 1. The third-order valence-electron chi connectivity index (χ3n) is 5.20. The van der Waals surface area contributed by atoms with Crippen molar-refractivity contribution in [3.05, 3.63) is 83.4 Å². The van der Waals surface area contributed by atoms with E-state index in [0.29, 0.717) is 22.7 Å². The maximum atomic E-state index is 13.1. The Labute approximate surface area is 199 Å². The van der Waals surface area contributed by atoms with Crippen LogP contribution in [0, 0.1) is 0 Å². The van der Waals surface area contributed by atoms with Crippen molar-refractivity contribution >= 4 is 34.8 Å². The highest BCUT2D eigenvalue weighted by atomic mass is 16.5. The van der Waals surface area contributed by atoms with Crippen molar-refractivity contribution in [1.29, 1.82) is 0 Å². The van der Waals surface area contributed by atoms with Crippen LogP contribution in [0.1, 0.15) is 54.0 Å². The van der Waals surface area contributed by atoms with Gasteiger partial charge in [-0.05, 0) is 53.4 Å². The molecule has 0 aliphatic carbocycles. The van der Waals surface area contributed by atoms with Crippen molar-refractivity contribution in [2.75, 3.05) is 23.1 Å². The van der Waals surface area contributed by atoms with E-state index in [2.05, 4.69) is 36.7 Å². The van der Waals surface area contributed by atoms with Gasteiger partial charge in [0.25, 0.3) is 11.8 Å². The summed E-state index contributed by atoms with van der Waals surface area (Å²) in [5, 5.41) is 8.30. The molecule has 0 aliphatic rings. The van der Waals surface area contributed by atoms with Crippen LogP contribution < -0.4 is 20.7 Å². The van der Waals surface area contributed by atoms with Gasteiger partial charge in [-0.3, -0.25) is 14.4 Å². The first-order chi connectivity index (χ1) is 16.1. The van der Waals surface area contributed by atoms with Gasteiger partial charge >= 0.3 is 0 Å². The second-order valence-electron chi connectivity index (χ2n) is 8.88. The number of amides is 3. The van der Waals surface area contributed by atoms with Gasteiger partial charge in [0.15, 0.2) is 0 Å². The first kappa shape index (κ1) is 24.5. The van der Waals surface area contributed by atoms with Crippen molar-refractivity contribution in [3.63, 3.8) is 0 Å². The topological polar surface area (TPSA) is 96.5 Å². The normalized spacial score (nSPS) is 10.9. The van der Waals surface area contributed by atoms with Crippen LogP contribution in [0.2, 0.25) is 0 Å². The zero-order valence-corrected chi connectivity index (χ0v) is 20.0. The van der Waals surface area contributed by atoms with Gasteiger partial charge in [0, 0.05) is 18.2 Å². The molecule has 0 saturated heterocycles. The first-order valence-corrected chi connectivity index (χ1v) is 10.9. The third kappa shape index (κ3) is 6.01. The minimum atomic E-state index is -0.433. The Morgan fingerprint density at radius 1 is 0.765 bits per heavy atom. The van der Waals surface area contributed by atoms with Gasteiger partial charge in [-0.25, -0.2) is 0 Å². The van der Waals surface area contributed by atoms with E-state index in [4.69, 9.17) is 4.74 Å². The molecule has 3 aromatic carbocycles. The number of rotatable bonds is 6. The number of methoxy groups -OCH3 is 1. The molecular formula is C27H29N3O4. The average Bonchev–Trinajstić information content (AvgIpc) is 2.78. The Kier molecular flexibility index (Phi) is 7.36. The highest BCUT2D eigenvalue weighted by Gasteiger charge is 2.18. The molecule has 0 spiro atoms. The van der Waals surface area contributed by atoms with Crippen LogP contribution in [0.4, 0.5) is 17.1 Å². The number of hydrogen-bond donors (Lipinski definition) is 3. The predicted molar refractivity (Wildman–Crippen MR) is 135 cm³/mol. The van der Waals surface area contributed by atoms with E-state index in [0.717, 1.165) is 5.56 Å². The minimum Gasteiger partial charge on any atom is -0.495 e. The van der Waals surface area contributed by atoms with Crippen molar-refractivity contribution in [3.8, 4) is 5.75 Å². The van der Waals surface area contributed by atoms with Crippen LogP contribution in [0.15, 0.2) is 66.7 Å². The van der Waals surface area contributed by atoms with Crippen LogP contribution in [-0.4, -0.2) is 24.8 Å². The van der Waals surface area contributed by atoms with Gasteiger partial charge in [0.1, 0.15) is 5.75 Å². The first-order valence-electron chi connectivity index (χ1n) is 10.9. The monoisotopic (exact) mass is 459 g/mol. The highest BCUT2D eigenvalue weighted by Crippen LogP contribution is 2.27. The molecule has 7 heteroatoms. The van der Waals surface area contributed by atoms with Crippen LogP contribution in [0.3, 0.4) is 0 Å². The zero-order valence-electron chi connectivity index (χ0n) is 20.0. The van der Waals surface area contributed by atoms with E-state index in [-0.39, 0.29) is 28.5 Å². The lowest BCUT2D eigenvalue weighted by molar-refractivity contribution is -0.114. The summed E-state index contributed by atoms with van der Waals surface area (Å²) >= 11 is 0. The predicted octanol–water partition coefficient (Wildman–Crippen LogP) is 5.46. The molecule has 0 heterocycles. The Morgan fingerprint density at radius 3 is 2.03 bits per heavy atom. The molecule has 176 valence electrons. The maximum Gasteiger partial charge on any atom is 0.257 e. The van der Waals surface area contributed by atoms with Gasteiger partial charge in [-0.15, -0.1) is 0 Å². The quantitative estimate of drug-likeness (QED) is 0.456. The summed E-state index contributed by atoms with van der Waals surface area (Å²) < 4.78 is 5.30. The number of carbonyl (C=O) groups is 3. The van der Waals surface area contributed by atoms with Crippen LogP contribution in [0.25, 0.3) is 0 Å². The lowest BCUT2D eigenvalue weighted by Crippen LogP contribution is -2.19. The van der Waals surface area contributed by atoms with Crippen LogP contribution >= 0.6 is 0 Å². The van der Waals surface area contributed by atoms with E-state index >= 15 is 0 Å². The number of benzene rings is 3. The second kappa shape index (κ2) is 10.2. The fraction of sp³-hybridized carbons (Fsp3) is 0.222. The summed E-state index contributed by atoms with van der Waals surface area (Å²) in [6.45, 7) is 7.68. The molecule has 3 N–H and O–H groups in total. The minimum absolute atomic E-state index is 0.0363. The largest absolute Gasteiger partial charge is 0.495 e. The van der Waals surface area contributed by atoms with E-state index in [1.54, 1.807) is 54.6 Å². The standard InChI is InChI=1S/C27H29N3O4/c1-17(31)28-20-14-15-21(26(33)29-22-8-6-7-9-24(22)34-5)23(16-20)30-25(32)18-10-12-19(13-11-18)27(2,3)4/h6-16H,1-5H3,(H,28,31)(H,29,33)(H,30,32). The van der Waals surface area contributed by atoms with E-state index < -0.39 is 5.91 Å². The van der Waals surface area contributed by atoms with E-state index in [1.807, 2.05) is 12.1 Å². The molecule has 0 fully saturated rings. The molecule has 3 aromatic rings. The molecule has 3 amide bonds. The lowest BCUT2D eigenvalue weighted by atomic mass is 9.86. The van der Waals surface area contributed by atoms with E-state index in [9.17, 15) is 14.4 Å². The van der Waals surface area contributed by atoms with Gasteiger partial charge in [-0.2, -0.15) is 0 Å². The summed E-state index contributed by atoms with van der Waals surface area (Å²) in [6, 6.07) is 19.1. The summed E-state index contributed by atoms with van der Waals surface area (Å²) in [4.78, 5) is 37.6. The molecule has 0 aromatic heterocycles. The summed E-state index contributed by atoms with van der Waals surface area (Å²) in [7, 11) is 1.52. The smallest absolute Gasteiger partial charge is 0.257 e. The number of nitrogens with one attached hydrogen (secondary N) is 3. The third-order valence-corrected chi connectivity index (χ3v) is 5.20. The number of anilines is 3. The zero-order chi connectivity index (χ0) is 24.9. The Bertz CT molecular complexity index is 1210. The summed E-state index contributed by atoms with van der Waals surface area (Å²) in [6.07, 6.45) is 0. The van der Waals surface area contributed by atoms with Crippen molar-refractivity contribution < 1.29 is 19.1 Å². The van der Waals surface area contributed by atoms with Crippen molar-refractivity contribution in [2.45, 2.75) is 33.1 Å². The summed E-state index contributed by atoms with van der Waals surface area (Å²) in [5.74, 6) is -0.555. The van der Waals surface area contributed by atoms with Crippen LogP contribution in [0.5, 0.6) is 5.75 Å². The molecular weight excluding hydrogens is 430 g/mol. The van der Waals surface area contributed by atoms with Gasteiger partial charge in [0.05, 0.1) is 24.0 Å². The fourth-order valence-electron chi connectivity index (χ4n) is 3.38. The molecule has 0 aliphatic heterocycles. The molecule has 3 rings (SSSR count). The number of carbonyl (C=O) groups excluding carboxylic acids is 3. The molecule has 0 unspecified atom stereocenters. The number of para-hydroxylation sites is 2. The second-order valence-corrected chi connectivity index (χ2v) is 8.88. The van der Waals surface area contributed by atoms with Crippen molar-refractivity contribution in [1.82, 2.24) is 0 Å². The lowest BCUT2D eigenvalue weighted by Gasteiger charge is -2.19. The Morgan fingerprint density at radius 2 is 1.41 bits per heavy atom. The molecule has 0 radical (unpaired) electrons. The van der Waals surface area contributed by atoms with Gasteiger partial charge < -0.3 is 20.7 Å². The Balaban J connectivity index is 1.91. The molecule has 0 bridgehead atoms. The molecule has 7 nitrogen and oxygen atoms in total. The SMILES string of the molecule is COc1ccccc1NC(=O)c1ccc(NC(C)=O)cc1NC(=O)c1ccc(C(C)(C)C)cc1. The van der Waals surface area contributed by atoms with E-state index in [1.165, 1.54) is 14.0 Å². The maximum absolute atomic E-state index is 13.1. The highest BCUT2D eigenvalue weighted by molar-refractivity contribution is 6.13. The van der Waals surface area contributed by atoms with Gasteiger partial charge in [0.2, 0.25) is 5.91 Å². The summed E-state index contributed by atoms with van der Waals surface area (Å²) in [5.41, 5.74) is 2.98.